The fraction of sp³-hybridized carbons (Fsp3) is 0.176. The standard InChI is InChI=1S/C17H15N3/c1-2-17-19-15-9-8-14(11-18)10-16(15)20(17)12-13-6-4-3-5-7-13/h3-10H,2,12H2,1H3. The number of hydrogen-bond acceptors (Lipinski definition) is 2. The zero-order valence-corrected chi connectivity index (χ0v) is 11.4. The predicted octanol–water partition coefficient (Wildman–Crippen LogP) is 3.52. The van der Waals surface area contributed by atoms with Crippen LogP contribution in [0, 0.1) is 11.3 Å². The molecule has 0 aliphatic heterocycles. The molecule has 0 bridgehead atoms. The highest BCUT2D eigenvalue weighted by atomic mass is 15.1. The van der Waals surface area contributed by atoms with Gasteiger partial charge in [-0.05, 0) is 23.8 Å². The van der Waals surface area contributed by atoms with E-state index in [1.165, 1.54) is 5.56 Å². The van der Waals surface area contributed by atoms with Gasteiger partial charge in [-0.3, -0.25) is 0 Å². The number of aryl methyl sites for hydroxylation is 1. The van der Waals surface area contributed by atoms with Crippen LogP contribution in [0.4, 0.5) is 0 Å². The lowest BCUT2D eigenvalue weighted by Crippen LogP contribution is -2.04. The van der Waals surface area contributed by atoms with Crippen molar-refractivity contribution >= 4 is 11.0 Å². The summed E-state index contributed by atoms with van der Waals surface area (Å²) in [5, 5.41) is 9.06. The molecule has 98 valence electrons. The van der Waals surface area contributed by atoms with Gasteiger partial charge in [-0.15, -0.1) is 0 Å². The Hall–Kier alpha value is -2.60. The molecule has 3 heteroatoms. The number of hydrogen-bond donors (Lipinski definition) is 0. The lowest BCUT2D eigenvalue weighted by molar-refractivity contribution is 0.753. The normalized spacial score (nSPS) is 10.6. The van der Waals surface area contributed by atoms with E-state index in [1.807, 2.05) is 36.4 Å². The zero-order chi connectivity index (χ0) is 13.9. The molecule has 1 aromatic heterocycles. The first kappa shape index (κ1) is 12.4. The van der Waals surface area contributed by atoms with E-state index >= 15 is 0 Å². The number of imidazole rings is 1. The highest BCUT2D eigenvalue weighted by molar-refractivity contribution is 5.78. The molecule has 0 saturated heterocycles. The van der Waals surface area contributed by atoms with E-state index in [0.717, 1.165) is 29.8 Å². The van der Waals surface area contributed by atoms with E-state index in [2.05, 4.69) is 34.7 Å². The van der Waals surface area contributed by atoms with E-state index in [4.69, 9.17) is 5.26 Å². The fourth-order valence-electron chi connectivity index (χ4n) is 2.45. The van der Waals surface area contributed by atoms with Crippen molar-refractivity contribution in [1.29, 1.82) is 5.26 Å². The van der Waals surface area contributed by atoms with Crippen LogP contribution in [0.25, 0.3) is 11.0 Å². The Balaban J connectivity index is 2.14. The SMILES string of the molecule is CCc1nc2ccc(C#N)cc2n1Cc1ccccc1. The average Bonchev–Trinajstić information content (AvgIpc) is 2.85. The molecular formula is C17H15N3. The van der Waals surface area contributed by atoms with Gasteiger partial charge in [0, 0.05) is 13.0 Å². The van der Waals surface area contributed by atoms with E-state index in [1.54, 1.807) is 0 Å². The molecule has 0 spiro atoms. The predicted molar refractivity (Wildman–Crippen MR) is 79.4 cm³/mol. The second-order valence-electron chi connectivity index (χ2n) is 4.77. The molecule has 2 aromatic carbocycles. The third-order valence-electron chi connectivity index (χ3n) is 3.46. The molecule has 3 nitrogen and oxygen atoms in total. The lowest BCUT2D eigenvalue weighted by atomic mass is 10.2. The van der Waals surface area contributed by atoms with Gasteiger partial charge in [-0.2, -0.15) is 5.26 Å². The van der Waals surface area contributed by atoms with Crippen LogP contribution in [-0.4, -0.2) is 9.55 Å². The van der Waals surface area contributed by atoms with Crippen molar-refractivity contribution in [3.63, 3.8) is 0 Å². The van der Waals surface area contributed by atoms with Crippen molar-refractivity contribution in [2.75, 3.05) is 0 Å². The number of rotatable bonds is 3. The molecule has 0 aliphatic rings. The molecular weight excluding hydrogens is 246 g/mol. The molecule has 3 aromatic rings. The van der Waals surface area contributed by atoms with Gasteiger partial charge in [0.1, 0.15) is 5.82 Å². The van der Waals surface area contributed by atoms with Gasteiger partial charge in [-0.25, -0.2) is 4.98 Å². The van der Waals surface area contributed by atoms with Crippen LogP contribution in [0.3, 0.4) is 0 Å². The van der Waals surface area contributed by atoms with E-state index in [9.17, 15) is 0 Å². The molecule has 3 rings (SSSR count). The van der Waals surface area contributed by atoms with Crippen LogP contribution in [0.1, 0.15) is 23.9 Å². The number of nitriles is 1. The first-order valence-electron chi connectivity index (χ1n) is 6.75. The Kier molecular flexibility index (Phi) is 3.22. The summed E-state index contributed by atoms with van der Waals surface area (Å²) in [7, 11) is 0. The van der Waals surface area contributed by atoms with Crippen LogP contribution >= 0.6 is 0 Å². The highest BCUT2D eigenvalue weighted by Crippen LogP contribution is 2.20. The summed E-state index contributed by atoms with van der Waals surface area (Å²) in [6.07, 6.45) is 0.878. The van der Waals surface area contributed by atoms with Gasteiger partial charge in [0.25, 0.3) is 0 Å². The molecule has 0 radical (unpaired) electrons. The Morgan fingerprint density at radius 2 is 1.95 bits per heavy atom. The molecule has 0 N–H and O–H groups in total. The first-order chi connectivity index (χ1) is 9.81. The smallest absolute Gasteiger partial charge is 0.109 e. The Morgan fingerprint density at radius 3 is 2.65 bits per heavy atom. The molecule has 1 heterocycles. The van der Waals surface area contributed by atoms with Crippen molar-refractivity contribution in [3.05, 3.63) is 65.5 Å². The monoisotopic (exact) mass is 261 g/mol. The first-order valence-corrected chi connectivity index (χ1v) is 6.75. The Bertz CT molecular complexity index is 779. The summed E-state index contributed by atoms with van der Waals surface area (Å²) < 4.78 is 2.20. The number of nitrogens with zero attached hydrogens (tertiary/aromatic N) is 3. The van der Waals surface area contributed by atoms with Crippen LogP contribution in [-0.2, 0) is 13.0 Å². The van der Waals surface area contributed by atoms with Crippen LogP contribution in [0.15, 0.2) is 48.5 Å². The van der Waals surface area contributed by atoms with Gasteiger partial charge in [-0.1, -0.05) is 37.3 Å². The van der Waals surface area contributed by atoms with Crippen LogP contribution in [0.5, 0.6) is 0 Å². The third kappa shape index (κ3) is 2.17. The third-order valence-corrected chi connectivity index (χ3v) is 3.46. The number of benzene rings is 2. The van der Waals surface area contributed by atoms with Crippen molar-refractivity contribution in [2.45, 2.75) is 19.9 Å². The topological polar surface area (TPSA) is 41.6 Å². The van der Waals surface area contributed by atoms with Gasteiger partial charge < -0.3 is 4.57 Å². The average molecular weight is 261 g/mol. The number of aromatic nitrogens is 2. The summed E-state index contributed by atoms with van der Waals surface area (Å²) >= 11 is 0. The minimum atomic E-state index is 0.675. The number of fused-ring (bicyclic) bond motifs is 1. The van der Waals surface area contributed by atoms with Crippen molar-refractivity contribution in [1.82, 2.24) is 9.55 Å². The summed E-state index contributed by atoms with van der Waals surface area (Å²) in [6, 6.07) is 18.2. The molecule has 0 unspecified atom stereocenters. The Labute approximate surface area is 118 Å². The minimum Gasteiger partial charge on any atom is -0.323 e. The summed E-state index contributed by atoms with van der Waals surface area (Å²) in [5.41, 5.74) is 3.90. The summed E-state index contributed by atoms with van der Waals surface area (Å²) in [5.74, 6) is 1.05. The second-order valence-corrected chi connectivity index (χ2v) is 4.77. The second kappa shape index (κ2) is 5.18. The molecule has 0 aliphatic carbocycles. The Morgan fingerprint density at radius 1 is 1.15 bits per heavy atom. The molecule has 20 heavy (non-hydrogen) atoms. The van der Waals surface area contributed by atoms with E-state index < -0.39 is 0 Å². The quantitative estimate of drug-likeness (QED) is 0.724. The fourth-order valence-corrected chi connectivity index (χ4v) is 2.45. The molecule has 0 atom stereocenters. The van der Waals surface area contributed by atoms with E-state index in [0.29, 0.717) is 5.56 Å². The maximum atomic E-state index is 9.06. The molecule has 0 fully saturated rings. The summed E-state index contributed by atoms with van der Waals surface area (Å²) in [4.78, 5) is 4.66. The van der Waals surface area contributed by atoms with Gasteiger partial charge >= 0.3 is 0 Å². The van der Waals surface area contributed by atoms with Gasteiger partial charge in [0.2, 0.25) is 0 Å². The summed E-state index contributed by atoms with van der Waals surface area (Å²) in [6.45, 7) is 2.89. The van der Waals surface area contributed by atoms with Crippen LogP contribution in [0.2, 0.25) is 0 Å². The van der Waals surface area contributed by atoms with Crippen LogP contribution < -0.4 is 0 Å². The van der Waals surface area contributed by atoms with Crippen molar-refractivity contribution in [2.24, 2.45) is 0 Å². The minimum absolute atomic E-state index is 0.675. The van der Waals surface area contributed by atoms with Gasteiger partial charge in [0.05, 0.1) is 22.7 Å². The maximum Gasteiger partial charge on any atom is 0.109 e. The van der Waals surface area contributed by atoms with Crippen molar-refractivity contribution < 1.29 is 0 Å². The zero-order valence-electron chi connectivity index (χ0n) is 11.4. The van der Waals surface area contributed by atoms with E-state index in [-0.39, 0.29) is 0 Å². The molecule has 0 amide bonds. The highest BCUT2D eigenvalue weighted by Gasteiger charge is 2.10. The molecule has 0 saturated carbocycles. The van der Waals surface area contributed by atoms with Crippen molar-refractivity contribution in [3.8, 4) is 6.07 Å². The van der Waals surface area contributed by atoms with Gasteiger partial charge in [0.15, 0.2) is 0 Å². The lowest BCUT2D eigenvalue weighted by Gasteiger charge is -2.08. The maximum absolute atomic E-state index is 9.06. The largest absolute Gasteiger partial charge is 0.323 e.